The first-order chi connectivity index (χ1) is 8.63. The van der Waals surface area contributed by atoms with E-state index >= 15 is 0 Å². The molecule has 6 nitrogen and oxygen atoms in total. The third-order valence-electron chi connectivity index (χ3n) is 2.38. The molecule has 0 spiro atoms. The van der Waals surface area contributed by atoms with E-state index in [4.69, 9.17) is 9.15 Å². The number of ether oxygens (including phenoxy) is 1. The Kier molecular flexibility index (Phi) is 3.81. The quantitative estimate of drug-likeness (QED) is 0.811. The number of nitrogens with zero attached hydrogens (tertiary/aromatic N) is 3. The monoisotopic (exact) mass is 313 g/mol. The van der Waals surface area contributed by atoms with Gasteiger partial charge in [0, 0.05) is 0 Å². The van der Waals surface area contributed by atoms with Crippen LogP contribution in [0.3, 0.4) is 0 Å². The van der Waals surface area contributed by atoms with Crippen molar-refractivity contribution in [1.82, 2.24) is 15.0 Å². The molecule has 0 aliphatic heterocycles. The average Bonchev–Trinajstić information content (AvgIpc) is 2.96. The van der Waals surface area contributed by atoms with Crippen LogP contribution in [0.2, 0.25) is 0 Å². The highest BCUT2D eigenvalue weighted by Gasteiger charge is 2.19. The Morgan fingerprint density at radius 3 is 3.06 bits per heavy atom. The van der Waals surface area contributed by atoms with E-state index in [2.05, 4.69) is 26.2 Å². The predicted octanol–water partition coefficient (Wildman–Crippen LogP) is 2.42. The van der Waals surface area contributed by atoms with Crippen molar-refractivity contribution in [3.63, 3.8) is 0 Å². The molecule has 7 heteroatoms. The molecule has 1 atom stereocenters. The van der Waals surface area contributed by atoms with Gasteiger partial charge in [0.15, 0.2) is 5.76 Å². The van der Waals surface area contributed by atoms with E-state index in [1.807, 2.05) is 0 Å². The Morgan fingerprint density at radius 2 is 2.44 bits per heavy atom. The summed E-state index contributed by atoms with van der Waals surface area (Å²) in [4.78, 5) is 11.6. The average molecular weight is 314 g/mol. The van der Waals surface area contributed by atoms with Crippen molar-refractivity contribution in [3.05, 3.63) is 23.0 Å². The Morgan fingerprint density at radius 1 is 1.67 bits per heavy atom. The van der Waals surface area contributed by atoms with Crippen LogP contribution in [-0.4, -0.2) is 27.6 Å². The number of carbonyl (C=O) groups is 1. The normalized spacial score (nSPS) is 12.4. The topological polar surface area (TPSA) is 70.2 Å². The van der Waals surface area contributed by atoms with Crippen LogP contribution in [0.5, 0.6) is 0 Å². The zero-order chi connectivity index (χ0) is 13.1. The van der Waals surface area contributed by atoms with Crippen molar-refractivity contribution in [2.75, 3.05) is 6.61 Å². The van der Waals surface area contributed by atoms with Crippen LogP contribution < -0.4 is 0 Å². The second kappa shape index (κ2) is 5.34. The fourth-order valence-corrected chi connectivity index (χ4v) is 1.82. The van der Waals surface area contributed by atoms with E-state index in [1.165, 1.54) is 4.68 Å². The lowest BCUT2D eigenvalue weighted by atomic mass is 10.3. The molecule has 1 unspecified atom stereocenters. The van der Waals surface area contributed by atoms with Crippen molar-refractivity contribution in [2.45, 2.75) is 19.9 Å². The predicted molar refractivity (Wildman–Crippen MR) is 66.8 cm³/mol. The van der Waals surface area contributed by atoms with Gasteiger partial charge in [0.2, 0.25) is 0 Å². The molecule has 2 aromatic rings. The van der Waals surface area contributed by atoms with Gasteiger partial charge in [0.25, 0.3) is 0 Å². The van der Waals surface area contributed by atoms with Crippen LogP contribution in [0.15, 0.2) is 27.4 Å². The van der Waals surface area contributed by atoms with Crippen molar-refractivity contribution in [1.29, 1.82) is 0 Å². The zero-order valence-corrected chi connectivity index (χ0v) is 11.5. The van der Waals surface area contributed by atoms with Crippen LogP contribution in [0.1, 0.15) is 19.9 Å². The zero-order valence-electron chi connectivity index (χ0n) is 9.96. The lowest BCUT2D eigenvalue weighted by Gasteiger charge is -2.09. The molecule has 96 valence electrons. The molecule has 0 amide bonds. The Labute approximate surface area is 112 Å². The molecule has 2 rings (SSSR count). The van der Waals surface area contributed by atoms with Gasteiger partial charge >= 0.3 is 5.97 Å². The van der Waals surface area contributed by atoms with Crippen LogP contribution >= 0.6 is 15.9 Å². The number of esters is 1. The fraction of sp³-hybridized carbons (Fsp3) is 0.364. The summed E-state index contributed by atoms with van der Waals surface area (Å²) in [5.74, 6) is 0.241. The van der Waals surface area contributed by atoms with Crippen molar-refractivity contribution in [3.8, 4) is 11.5 Å². The fourth-order valence-electron chi connectivity index (χ4n) is 1.42. The number of carbonyl (C=O) groups excluding carboxylic acids is 1. The third kappa shape index (κ3) is 2.45. The number of aromatic nitrogens is 3. The molecule has 0 fully saturated rings. The van der Waals surface area contributed by atoms with E-state index < -0.39 is 6.04 Å². The summed E-state index contributed by atoms with van der Waals surface area (Å²) < 4.78 is 12.4. The maximum atomic E-state index is 11.6. The number of hydrogen-bond acceptors (Lipinski definition) is 5. The lowest BCUT2D eigenvalue weighted by Crippen LogP contribution is -2.19. The van der Waals surface area contributed by atoms with Crippen molar-refractivity contribution in [2.24, 2.45) is 0 Å². The Bertz CT molecular complexity index is 549. The van der Waals surface area contributed by atoms with E-state index in [1.54, 1.807) is 32.4 Å². The maximum Gasteiger partial charge on any atom is 0.330 e. The van der Waals surface area contributed by atoms with Gasteiger partial charge in [-0.2, -0.15) is 0 Å². The third-order valence-corrected chi connectivity index (χ3v) is 3.01. The molecule has 0 bridgehead atoms. The van der Waals surface area contributed by atoms with Crippen molar-refractivity contribution >= 4 is 21.9 Å². The minimum Gasteiger partial charge on any atom is -0.464 e. The van der Waals surface area contributed by atoms with Gasteiger partial charge in [0.05, 0.1) is 23.5 Å². The summed E-state index contributed by atoms with van der Waals surface area (Å²) >= 11 is 3.34. The second-order valence-corrected chi connectivity index (χ2v) is 4.46. The van der Waals surface area contributed by atoms with Crippen LogP contribution in [-0.2, 0) is 9.53 Å². The molecule has 18 heavy (non-hydrogen) atoms. The number of rotatable bonds is 4. The highest BCUT2D eigenvalue weighted by Crippen LogP contribution is 2.27. The van der Waals surface area contributed by atoms with Gasteiger partial charge in [-0.25, -0.2) is 9.48 Å². The largest absolute Gasteiger partial charge is 0.464 e. The maximum absolute atomic E-state index is 11.6. The number of hydrogen-bond donors (Lipinski definition) is 0. The molecule has 0 saturated carbocycles. The van der Waals surface area contributed by atoms with Gasteiger partial charge < -0.3 is 9.15 Å². The van der Waals surface area contributed by atoms with Gasteiger partial charge in [0.1, 0.15) is 11.7 Å². The SMILES string of the molecule is CCOC(=O)C(C)n1cc(-c2occc2Br)nn1. The van der Waals surface area contributed by atoms with E-state index in [9.17, 15) is 4.79 Å². The van der Waals surface area contributed by atoms with E-state index in [-0.39, 0.29) is 5.97 Å². The van der Waals surface area contributed by atoms with Crippen LogP contribution in [0.4, 0.5) is 0 Å². The van der Waals surface area contributed by atoms with E-state index in [0.717, 1.165) is 4.47 Å². The molecule has 0 saturated heterocycles. The first-order valence-electron chi connectivity index (χ1n) is 5.45. The highest BCUT2D eigenvalue weighted by atomic mass is 79.9. The van der Waals surface area contributed by atoms with Crippen LogP contribution in [0, 0.1) is 0 Å². The number of furan rings is 1. The molecular formula is C11H12BrN3O3. The summed E-state index contributed by atoms with van der Waals surface area (Å²) in [5, 5.41) is 7.87. The highest BCUT2D eigenvalue weighted by molar-refractivity contribution is 9.10. The second-order valence-electron chi connectivity index (χ2n) is 3.61. The van der Waals surface area contributed by atoms with Crippen molar-refractivity contribution < 1.29 is 13.9 Å². The minimum absolute atomic E-state index is 0.340. The molecule has 0 aromatic carbocycles. The van der Waals surface area contributed by atoms with E-state index in [0.29, 0.717) is 18.1 Å². The molecular weight excluding hydrogens is 302 g/mol. The minimum atomic E-state index is -0.514. The summed E-state index contributed by atoms with van der Waals surface area (Å²) in [7, 11) is 0. The Hall–Kier alpha value is -1.63. The number of halogens is 1. The first kappa shape index (κ1) is 12.8. The van der Waals surface area contributed by atoms with Gasteiger partial charge in [-0.05, 0) is 35.8 Å². The Balaban J connectivity index is 2.21. The summed E-state index contributed by atoms with van der Waals surface area (Å²) in [6.45, 7) is 3.81. The summed E-state index contributed by atoms with van der Waals surface area (Å²) in [6, 6.07) is 1.25. The standard InChI is InChI=1S/C11H12BrN3O3/c1-3-17-11(16)7(2)15-6-9(13-14-15)10-8(12)4-5-18-10/h4-7H,3H2,1-2H3. The molecule has 0 aliphatic carbocycles. The van der Waals surface area contributed by atoms with Crippen LogP contribution in [0.25, 0.3) is 11.5 Å². The smallest absolute Gasteiger partial charge is 0.330 e. The van der Waals surface area contributed by atoms with Gasteiger partial charge in [-0.1, -0.05) is 5.21 Å². The summed E-state index contributed by atoms with van der Waals surface area (Å²) in [6.07, 6.45) is 3.19. The molecule has 2 heterocycles. The summed E-state index contributed by atoms with van der Waals surface area (Å²) in [5.41, 5.74) is 0.558. The molecule has 0 N–H and O–H groups in total. The van der Waals surface area contributed by atoms with Gasteiger partial charge in [-0.3, -0.25) is 0 Å². The molecule has 0 aliphatic rings. The molecule has 2 aromatic heterocycles. The molecule has 0 radical (unpaired) electrons. The van der Waals surface area contributed by atoms with Gasteiger partial charge in [-0.15, -0.1) is 5.10 Å². The first-order valence-corrected chi connectivity index (χ1v) is 6.24. The lowest BCUT2D eigenvalue weighted by molar-refractivity contribution is -0.146.